The number of para-hydroxylation sites is 1. The summed E-state index contributed by atoms with van der Waals surface area (Å²) in [6, 6.07) is 21.0. The number of aryl methyl sites for hydroxylation is 1. The van der Waals surface area contributed by atoms with Crippen LogP contribution in [-0.4, -0.2) is 41.5 Å². The van der Waals surface area contributed by atoms with Crippen LogP contribution in [0.3, 0.4) is 0 Å². The third-order valence-electron chi connectivity index (χ3n) is 5.47. The molecular formula is C27H28FN3O4. The summed E-state index contributed by atoms with van der Waals surface area (Å²) in [5.41, 5.74) is 3.40. The van der Waals surface area contributed by atoms with E-state index in [4.69, 9.17) is 0 Å². The second-order valence-corrected chi connectivity index (χ2v) is 8.15. The van der Waals surface area contributed by atoms with Crippen LogP contribution in [0.25, 0.3) is 11.1 Å². The van der Waals surface area contributed by atoms with Crippen molar-refractivity contribution in [1.82, 2.24) is 10.6 Å². The molecule has 7 nitrogen and oxygen atoms in total. The lowest BCUT2D eigenvalue weighted by Gasteiger charge is -2.21. The average molecular weight is 478 g/mol. The molecule has 0 heterocycles. The minimum atomic E-state index is -1.08. The van der Waals surface area contributed by atoms with Crippen molar-refractivity contribution in [3.63, 3.8) is 0 Å². The van der Waals surface area contributed by atoms with E-state index in [1.807, 2.05) is 30.3 Å². The van der Waals surface area contributed by atoms with Gasteiger partial charge in [0.25, 0.3) is 0 Å². The minimum absolute atomic E-state index is 0.236. The van der Waals surface area contributed by atoms with Crippen molar-refractivity contribution >= 4 is 23.5 Å². The SMILES string of the molecule is C[C@@H](NC(CCc1ccc(-c2ccc(F)cc2)cc1)C(=O)NCC(=O)Nc1ccccc1)C(=O)O. The van der Waals surface area contributed by atoms with Gasteiger partial charge in [0.05, 0.1) is 12.6 Å². The molecule has 35 heavy (non-hydrogen) atoms. The number of anilines is 1. The molecule has 4 N–H and O–H groups in total. The van der Waals surface area contributed by atoms with Gasteiger partial charge in [-0.15, -0.1) is 0 Å². The maximum atomic E-state index is 13.1. The number of carboxylic acids is 1. The van der Waals surface area contributed by atoms with Crippen LogP contribution in [0, 0.1) is 5.82 Å². The molecule has 0 aliphatic carbocycles. The molecule has 0 saturated carbocycles. The second-order valence-electron chi connectivity index (χ2n) is 8.15. The first-order chi connectivity index (χ1) is 16.8. The Labute approximate surface area is 203 Å². The highest BCUT2D eigenvalue weighted by atomic mass is 19.1. The number of aliphatic carboxylic acids is 1. The van der Waals surface area contributed by atoms with Crippen LogP contribution < -0.4 is 16.0 Å². The molecule has 2 amide bonds. The molecule has 1 unspecified atom stereocenters. The number of benzene rings is 3. The van der Waals surface area contributed by atoms with Crippen LogP contribution in [0.15, 0.2) is 78.9 Å². The zero-order valence-corrected chi connectivity index (χ0v) is 19.3. The van der Waals surface area contributed by atoms with Gasteiger partial charge < -0.3 is 15.7 Å². The Bertz CT molecular complexity index is 1140. The van der Waals surface area contributed by atoms with Gasteiger partial charge in [-0.3, -0.25) is 19.7 Å². The fourth-order valence-corrected chi connectivity index (χ4v) is 3.50. The highest BCUT2D eigenvalue weighted by Crippen LogP contribution is 2.21. The van der Waals surface area contributed by atoms with Crippen molar-refractivity contribution in [2.24, 2.45) is 0 Å². The minimum Gasteiger partial charge on any atom is -0.480 e. The third kappa shape index (κ3) is 8.04. The Morgan fingerprint density at radius 1 is 0.886 bits per heavy atom. The number of rotatable bonds is 11. The second kappa shape index (κ2) is 12.4. The lowest BCUT2D eigenvalue weighted by atomic mass is 10.00. The third-order valence-corrected chi connectivity index (χ3v) is 5.47. The number of hydrogen-bond acceptors (Lipinski definition) is 4. The van der Waals surface area contributed by atoms with E-state index in [0.29, 0.717) is 18.5 Å². The molecule has 0 spiro atoms. The molecule has 2 atom stereocenters. The molecule has 3 aromatic rings. The molecule has 0 aliphatic rings. The Morgan fingerprint density at radius 2 is 1.49 bits per heavy atom. The molecule has 0 bridgehead atoms. The first-order valence-corrected chi connectivity index (χ1v) is 11.3. The van der Waals surface area contributed by atoms with Gasteiger partial charge in [0, 0.05) is 5.69 Å². The topological polar surface area (TPSA) is 108 Å². The van der Waals surface area contributed by atoms with E-state index in [9.17, 15) is 23.9 Å². The Hall–Kier alpha value is -4.04. The van der Waals surface area contributed by atoms with Crippen molar-refractivity contribution in [3.8, 4) is 11.1 Å². The summed E-state index contributed by atoms with van der Waals surface area (Å²) in [7, 11) is 0. The van der Waals surface area contributed by atoms with Gasteiger partial charge >= 0.3 is 5.97 Å². The average Bonchev–Trinajstić information content (AvgIpc) is 2.86. The summed E-state index contributed by atoms with van der Waals surface area (Å²) in [4.78, 5) is 36.2. The van der Waals surface area contributed by atoms with Crippen LogP contribution in [0.2, 0.25) is 0 Å². The molecule has 3 aromatic carbocycles. The molecular weight excluding hydrogens is 449 g/mol. The predicted octanol–water partition coefficient (Wildman–Crippen LogP) is 3.61. The molecule has 3 rings (SSSR count). The van der Waals surface area contributed by atoms with Gasteiger partial charge in [-0.1, -0.05) is 54.6 Å². The monoisotopic (exact) mass is 477 g/mol. The Balaban J connectivity index is 1.58. The van der Waals surface area contributed by atoms with E-state index in [-0.39, 0.29) is 18.3 Å². The van der Waals surface area contributed by atoms with E-state index in [1.165, 1.54) is 19.1 Å². The lowest BCUT2D eigenvalue weighted by Crippen LogP contribution is -2.51. The maximum Gasteiger partial charge on any atom is 0.320 e. The molecule has 8 heteroatoms. The largest absolute Gasteiger partial charge is 0.480 e. The van der Waals surface area contributed by atoms with Crippen LogP contribution >= 0.6 is 0 Å². The van der Waals surface area contributed by atoms with Crippen molar-refractivity contribution in [1.29, 1.82) is 0 Å². The van der Waals surface area contributed by atoms with E-state index in [0.717, 1.165) is 16.7 Å². The van der Waals surface area contributed by atoms with Crippen molar-refractivity contribution in [3.05, 3.63) is 90.2 Å². The highest BCUT2D eigenvalue weighted by Gasteiger charge is 2.23. The fraction of sp³-hybridized carbons (Fsp3) is 0.222. The summed E-state index contributed by atoms with van der Waals surface area (Å²) in [6.07, 6.45) is 0.844. The van der Waals surface area contributed by atoms with E-state index in [1.54, 1.807) is 36.4 Å². The Morgan fingerprint density at radius 3 is 2.09 bits per heavy atom. The summed E-state index contributed by atoms with van der Waals surface area (Å²) in [5, 5.41) is 17.3. The van der Waals surface area contributed by atoms with E-state index >= 15 is 0 Å². The van der Waals surface area contributed by atoms with Crippen LogP contribution in [0.1, 0.15) is 18.9 Å². The highest BCUT2D eigenvalue weighted by molar-refractivity contribution is 5.95. The molecule has 0 fully saturated rings. The molecule has 0 saturated heterocycles. The normalized spacial score (nSPS) is 12.4. The van der Waals surface area contributed by atoms with Gasteiger partial charge in [0.15, 0.2) is 0 Å². The van der Waals surface area contributed by atoms with E-state index < -0.39 is 24.0 Å². The predicted molar refractivity (Wildman–Crippen MR) is 132 cm³/mol. The van der Waals surface area contributed by atoms with Gasteiger partial charge in [-0.25, -0.2) is 4.39 Å². The number of halogens is 1. The molecule has 182 valence electrons. The first-order valence-electron chi connectivity index (χ1n) is 11.3. The van der Waals surface area contributed by atoms with Crippen molar-refractivity contribution in [2.45, 2.75) is 31.8 Å². The number of carbonyl (C=O) groups excluding carboxylic acids is 2. The van der Waals surface area contributed by atoms with Crippen molar-refractivity contribution in [2.75, 3.05) is 11.9 Å². The molecule has 0 aromatic heterocycles. The van der Waals surface area contributed by atoms with Gasteiger partial charge in [0.2, 0.25) is 11.8 Å². The first kappa shape index (κ1) is 25.6. The zero-order chi connectivity index (χ0) is 25.2. The van der Waals surface area contributed by atoms with Gasteiger partial charge in [-0.2, -0.15) is 0 Å². The fourth-order valence-electron chi connectivity index (χ4n) is 3.50. The number of amides is 2. The van der Waals surface area contributed by atoms with Crippen molar-refractivity contribution < 1.29 is 23.9 Å². The number of carbonyl (C=O) groups is 3. The standard InChI is InChI=1S/C27H28FN3O4/c1-18(27(34)35)30-24(26(33)29-17-25(32)31-23-5-3-2-4-6-23)16-9-19-7-10-20(11-8-19)21-12-14-22(28)15-13-21/h2-8,10-15,18,24,30H,9,16-17H2,1H3,(H,29,33)(H,31,32)(H,34,35)/t18-,24?/m1/s1. The summed E-state index contributed by atoms with van der Waals surface area (Å²) >= 11 is 0. The van der Waals surface area contributed by atoms with Crippen LogP contribution in [-0.2, 0) is 20.8 Å². The quantitative estimate of drug-likeness (QED) is 0.338. The molecule has 0 radical (unpaired) electrons. The van der Waals surface area contributed by atoms with Gasteiger partial charge in [0.1, 0.15) is 11.9 Å². The Kier molecular flexibility index (Phi) is 9.09. The van der Waals surface area contributed by atoms with Crippen LogP contribution in [0.4, 0.5) is 10.1 Å². The summed E-state index contributed by atoms with van der Waals surface area (Å²) in [6.45, 7) is 1.22. The molecule has 0 aliphatic heterocycles. The number of hydrogen-bond donors (Lipinski definition) is 4. The van der Waals surface area contributed by atoms with Gasteiger partial charge in [-0.05, 0) is 60.7 Å². The number of carboxylic acid groups (broad SMARTS) is 1. The van der Waals surface area contributed by atoms with E-state index in [2.05, 4.69) is 16.0 Å². The van der Waals surface area contributed by atoms with Crippen LogP contribution in [0.5, 0.6) is 0 Å². The zero-order valence-electron chi connectivity index (χ0n) is 19.3. The maximum absolute atomic E-state index is 13.1. The lowest BCUT2D eigenvalue weighted by molar-refractivity contribution is -0.139. The summed E-state index contributed by atoms with van der Waals surface area (Å²) in [5.74, 6) is -2.21. The smallest absolute Gasteiger partial charge is 0.320 e. The number of nitrogens with one attached hydrogen (secondary N) is 3. The summed E-state index contributed by atoms with van der Waals surface area (Å²) < 4.78 is 13.1.